The normalized spacial score (nSPS) is 12.7. The summed E-state index contributed by atoms with van der Waals surface area (Å²) in [6.07, 6.45) is 1.04. The van der Waals surface area contributed by atoms with Gasteiger partial charge in [-0.3, -0.25) is 4.57 Å². The highest BCUT2D eigenvalue weighted by atomic mass is 32.2. The van der Waals surface area contributed by atoms with Crippen molar-refractivity contribution in [3.05, 3.63) is 82.5 Å². The number of hydrogen-bond acceptors (Lipinski definition) is 5. The second kappa shape index (κ2) is 10.1. The van der Waals surface area contributed by atoms with Gasteiger partial charge in [-0.25, -0.2) is 17.6 Å². The first kappa shape index (κ1) is 25.4. The van der Waals surface area contributed by atoms with Gasteiger partial charge in [0.1, 0.15) is 15.7 Å². The molecule has 0 amide bonds. The Bertz CT molecular complexity index is 1560. The quantitative estimate of drug-likeness (QED) is 0.343. The Morgan fingerprint density at radius 3 is 2.44 bits per heavy atom. The van der Waals surface area contributed by atoms with Crippen LogP contribution in [0.25, 0.3) is 22.2 Å². The molecule has 0 bridgehead atoms. The molecule has 1 atom stereocenters. The number of aromatic amines is 1. The van der Waals surface area contributed by atoms with Crippen molar-refractivity contribution >= 4 is 20.9 Å². The van der Waals surface area contributed by atoms with Crippen molar-refractivity contribution in [3.8, 4) is 22.6 Å². The molecule has 190 valence electrons. The molecule has 1 heterocycles. The first-order chi connectivity index (χ1) is 17.1. The van der Waals surface area contributed by atoms with Crippen LogP contribution in [-0.2, 0) is 9.84 Å². The fraction of sp³-hybridized carbons (Fsp3) is 0.240. The summed E-state index contributed by atoms with van der Waals surface area (Å²) in [6, 6.07) is 14.1. The van der Waals surface area contributed by atoms with E-state index in [1.54, 1.807) is 43.3 Å². The Morgan fingerprint density at radius 1 is 1.03 bits per heavy atom. The molecule has 7 nitrogen and oxygen atoms in total. The highest BCUT2D eigenvalue weighted by Crippen LogP contribution is 2.34. The van der Waals surface area contributed by atoms with E-state index in [9.17, 15) is 26.4 Å². The van der Waals surface area contributed by atoms with Crippen LogP contribution < -0.4 is 15.2 Å². The molecule has 0 aliphatic heterocycles. The second-order valence-corrected chi connectivity index (χ2v) is 10.3. The van der Waals surface area contributed by atoms with Crippen molar-refractivity contribution in [2.45, 2.75) is 19.6 Å². The first-order valence-electron chi connectivity index (χ1n) is 11.0. The van der Waals surface area contributed by atoms with Gasteiger partial charge in [0.25, 0.3) is 0 Å². The minimum absolute atomic E-state index is 0.0106. The minimum Gasteiger partial charge on any atom is -0.490 e. The number of hydrogen-bond donors (Lipinski definition) is 1. The van der Waals surface area contributed by atoms with Crippen LogP contribution in [0.15, 0.2) is 65.5 Å². The first-order valence-corrected chi connectivity index (χ1v) is 13.0. The number of imidazole rings is 1. The number of fused-ring (bicyclic) bond motifs is 1. The molecule has 1 N–H and O–H groups in total. The highest BCUT2D eigenvalue weighted by molar-refractivity contribution is 7.90. The number of sulfone groups is 1. The number of ether oxygens (including phenoxy) is 2. The smallest absolute Gasteiger partial charge is 0.387 e. The number of alkyl halides is 2. The Hall–Kier alpha value is -3.73. The van der Waals surface area contributed by atoms with Crippen LogP contribution >= 0.6 is 0 Å². The van der Waals surface area contributed by atoms with Crippen molar-refractivity contribution in [2.75, 3.05) is 18.6 Å². The maximum Gasteiger partial charge on any atom is 0.387 e. The van der Waals surface area contributed by atoms with E-state index in [0.717, 1.165) is 6.26 Å². The number of H-pyrrole nitrogens is 1. The molecule has 0 aliphatic rings. The fourth-order valence-electron chi connectivity index (χ4n) is 4.10. The molecular formula is C25H23F3N2O5S. The van der Waals surface area contributed by atoms with Crippen molar-refractivity contribution in [3.63, 3.8) is 0 Å². The van der Waals surface area contributed by atoms with E-state index in [1.165, 1.54) is 28.8 Å². The third kappa shape index (κ3) is 5.40. The Labute approximate surface area is 205 Å². The molecule has 4 aromatic rings. The summed E-state index contributed by atoms with van der Waals surface area (Å²) >= 11 is 0. The lowest BCUT2D eigenvalue weighted by atomic mass is 10.0. The molecule has 0 unspecified atom stereocenters. The average Bonchev–Trinajstić information content (AvgIpc) is 3.13. The Morgan fingerprint density at radius 2 is 1.78 bits per heavy atom. The standard InChI is InChI=1S/C25H23F3N2O5S/c1-3-34-23-13-16(9-11-22(23)35-24(27)28)21(14-36(2,32)33)30-20-10-8-15(12-19(20)29-25(30)31)17-6-4-5-7-18(17)26/h4-13,21,24H,3,14H2,1-2H3,(H,29,31)/t21-/m1/s1. The van der Waals surface area contributed by atoms with E-state index < -0.39 is 39.8 Å². The summed E-state index contributed by atoms with van der Waals surface area (Å²) in [7, 11) is -3.61. The van der Waals surface area contributed by atoms with Crippen LogP contribution in [0.4, 0.5) is 13.2 Å². The van der Waals surface area contributed by atoms with E-state index in [2.05, 4.69) is 9.72 Å². The molecule has 36 heavy (non-hydrogen) atoms. The number of nitrogens with zero attached hydrogens (tertiary/aromatic N) is 1. The molecule has 0 aliphatic carbocycles. The number of halogens is 3. The molecule has 11 heteroatoms. The largest absolute Gasteiger partial charge is 0.490 e. The van der Waals surface area contributed by atoms with E-state index in [0.29, 0.717) is 27.7 Å². The van der Waals surface area contributed by atoms with Crippen molar-refractivity contribution in [2.24, 2.45) is 0 Å². The maximum absolute atomic E-state index is 14.3. The van der Waals surface area contributed by atoms with Crippen molar-refractivity contribution in [1.82, 2.24) is 9.55 Å². The summed E-state index contributed by atoms with van der Waals surface area (Å²) in [6.45, 7) is -1.28. The van der Waals surface area contributed by atoms with Gasteiger partial charge in [0.15, 0.2) is 11.5 Å². The Kier molecular flexibility index (Phi) is 7.11. The van der Waals surface area contributed by atoms with E-state index in [1.807, 2.05) is 0 Å². The van der Waals surface area contributed by atoms with Crippen LogP contribution in [-0.4, -0.2) is 43.2 Å². The Balaban J connectivity index is 1.87. The van der Waals surface area contributed by atoms with E-state index >= 15 is 0 Å². The predicted octanol–water partition coefficient (Wildman–Crippen LogP) is 4.77. The van der Waals surface area contributed by atoms with Crippen LogP contribution in [0.3, 0.4) is 0 Å². The minimum atomic E-state index is -3.61. The second-order valence-electron chi connectivity index (χ2n) is 8.14. The van der Waals surface area contributed by atoms with Gasteiger partial charge < -0.3 is 14.5 Å². The van der Waals surface area contributed by atoms with Crippen LogP contribution in [0.5, 0.6) is 11.5 Å². The van der Waals surface area contributed by atoms with Crippen LogP contribution in [0.1, 0.15) is 18.5 Å². The molecule has 0 saturated carbocycles. The number of aromatic nitrogens is 2. The van der Waals surface area contributed by atoms with E-state index in [-0.39, 0.29) is 18.1 Å². The van der Waals surface area contributed by atoms with Gasteiger partial charge in [-0.15, -0.1) is 0 Å². The van der Waals surface area contributed by atoms with Crippen LogP contribution in [0, 0.1) is 5.82 Å². The van der Waals surface area contributed by atoms with Gasteiger partial charge in [-0.1, -0.05) is 30.3 Å². The van der Waals surface area contributed by atoms with Crippen molar-refractivity contribution < 1.29 is 31.1 Å². The van der Waals surface area contributed by atoms with Crippen LogP contribution in [0.2, 0.25) is 0 Å². The monoisotopic (exact) mass is 520 g/mol. The summed E-state index contributed by atoms with van der Waals surface area (Å²) in [5, 5.41) is 0. The van der Waals surface area contributed by atoms with Gasteiger partial charge in [-0.05, 0) is 48.4 Å². The van der Waals surface area contributed by atoms with Gasteiger partial charge >= 0.3 is 12.3 Å². The van der Waals surface area contributed by atoms with Crippen molar-refractivity contribution in [1.29, 1.82) is 0 Å². The molecule has 4 rings (SSSR count). The lowest BCUT2D eigenvalue weighted by Crippen LogP contribution is -2.28. The number of rotatable bonds is 9. The molecule has 0 radical (unpaired) electrons. The fourth-order valence-corrected chi connectivity index (χ4v) is 5.02. The zero-order valence-corrected chi connectivity index (χ0v) is 20.2. The van der Waals surface area contributed by atoms with Gasteiger partial charge in [0, 0.05) is 11.8 Å². The predicted molar refractivity (Wildman–Crippen MR) is 130 cm³/mol. The lowest BCUT2D eigenvalue weighted by molar-refractivity contribution is -0.0514. The molecule has 0 spiro atoms. The maximum atomic E-state index is 14.3. The lowest BCUT2D eigenvalue weighted by Gasteiger charge is -2.20. The topological polar surface area (TPSA) is 90.4 Å². The van der Waals surface area contributed by atoms with Gasteiger partial charge in [-0.2, -0.15) is 8.78 Å². The third-order valence-corrected chi connectivity index (χ3v) is 6.46. The van der Waals surface area contributed by atoms with E-state index in [4.69, 9.17) is 4.74 Å². The zero-order chi connectivity index (χ0) is 26.0. The molecule has 0 saturated heterocycles. The number of benzene rings is 3. The van der Waals surface area contributed by atoms with Gasteiger partial charge in [0.2, 0.25) is 0 Å². The van der Waals surface area contributed by atoms with Gasteiger partial charge in [0.05, 0.1) is 29.4 Å². The average molecular weight is 521 g/mol. The number of nitrogens with one attached hydrogen (secondary N) is 1. The SMILES string of the molecule is CCOc1cc([C@@H](CS(C)(=O)=O)n2c(=O)[nH]c3cc(-c4ccccc4F)ccc32)ccc1OC(F)F. The zero-order valence-electron chi connectivity index (χ0n) is 19.4. The highest BCUT2D eigenvalue weighted by Gasteiger charge is 2.25. The molecule has 0 fully saturated rings. The molecule has 3 aromatic carbocycles. The molecule has 1 aromatic heterocycles. The summed E-state index contributed by atoms with van der Waals surface area (Å²) in [5.74, 6) is -1.10. The summed E-state index contributed by atoms with van der Waals surface area (Å²) < 4.78 is 75.8. The third-order valence-electron chi connectivity index (χ3n) is 5.54. The summed E-state index contributed by atoms with van der Waals surface area (Å²) in [5.41, 5.74) is 1.39. The summed E-state index contributed by atoms with van der Waals surface area (Å²) in [4.78, 5) is 15.8. The molecular weight excluding hydrogens is 497 g/mol.